The van der Waals surface area contributed by atoms with E-state index >= 15 is 0 Å². The highest BCUT2D eigenvalue weighted by molar-refractivity contribution is 5.38. The van der Waals surface area contributed by atoms with Gasteiger partial charge in [0.15, 0.2) is 0 Å². The second-order valence-electron chi connectivity index (χ2n) is 14.4. The summed E-state index contributed by atoms with van der Waals surface area (Å²) in [6.07, 6.45) is 30.7. The first-order valence-corrected chi connectivity index (χ1v) is 15.8. The second kappa shape index (κ2) is 15.8. The van der Waals surface area contributed by atoms with Crippen LogP contribution in [0.5, 0.6) is 0 Å². The summed E-state index contributed by atoms with van der Waals surface area (Å²) in [5, 5.41) is 31.1. The Hall–Kier alpha value is -2.72. The molecule has 0 bridgehead atoms. The van der Waals surface area contributed by atoms with E-state index in [1.165, 1.54) is 22.3 Å². The van der Waals surface area contributed by atoms with Crippen LogP contribution in [0.3, 0.4) is 0 Å². The highest BCUT2D eigenvalue weighted by Crippen LogP contribution is 2.54. The highest BCUT2D eigenvalue weighted by atomic mass is 16.3. The van der Waals surface area contributed by atoms with Gasteiger partial charge in [0.2, 0.25) is 0 Å². The molecule has 1 saturated carbocycles. The van der Waals surface area contributed by atoms with Gasteiger partial charge in [-0.15, -0.1) is 0 Å². The monoisotopic (exact) mass is 586 g/mol. The maximum absolute atomic E-state index is 10.9. The molecule has 0 aliphatic heterocycles. The molecule has 236 valence electrons. The Morgan fingerprint density at radius 2 is 1.16 bits per heavy atom. The SMILES string of the molecule is CC1=C(/C=C/C(C)=C/C=C/C(C)=C/C=C/C=C(C)/C=C/C=C(C)/C=C/C(O)[C@]2(C)C[C@@H](O)CC2(C)C)C(C)(C)C[C@H](O)C1. The number of hydrogen-bond acceptors (Lipinski definition) is 3. The minimum absolute atomic E-state index is 0.00246. The Kier molecular flexibility index (Phi) is 13.4. The number of rotatable bonds is 11. The van der Waals surface area contributed by atoms with Crippen molar-refractivity contribution in [3.8, 4) is 0 Å². The molecule has 0 heterocycles. The zero-order valence-corrected chi connectivity index (χ0v) is 28.5. The van der Waals surface area contributed by atoms with E-state index in [1.807, 2.05) is 37.3 Å². The van der Waals surface area contributed by atoms with Crippen LogP contribution in [0.4, 0.5) is 0 Å². The molecule has 3 heteroatoms. The molecule has 4 atom stereocenters. The molecule has 0 radical (unpaired) electrons. The van der Waals surface area contributed by atoms with E-state index in [-0.39, 0.29) is 28.5 Å². The summed E-state index contributed by atoms with van der Waals surface area (Å²) in [6, 6.07) is 0. The third-order valence-corrected chi connectivity index (χ3v) is 9.40. The van der Waals surface area contributed by atoms with Crippen molar-refractivity contribution < 1.29 is 15.3 Å². The second-order valence-corrected chi connectivity index (χ2v) is 14.4. The zero-order chi connectivity index (χ0) is 32.4. The summed E-state index contributed by atoms with van der Waals surface area (Å²) in [6.45, 7) is 21.2. The summed E-state index contributed by atoms with van der Waals surface area (Å²) in [4.78, 5) is 0. The van der Waals surface area contributed by atoms with Crippen LogP contribution in [-0.2, 0) is 0 Å². The number of hydrogen-bond donors (Lipinski definition) is 3. The fourth-order valence-electron chi connectivity index (χ4n) is 6.37. The minimum atomic E-state index is -0.598. The molecular formula is C40H58O3. The van der Waals surface area contributed by atoms with E-state index in [9.17, 15) is 15.3 Å². The molecule has 2 rings (SSSR count). The van der Waals surface area contributed by atoms with Gasteiger partial charge in [-0.25, -0.2) is 0 Å². The van der Waals surface area contributed by atoms with E-state index in [0.29, 0.717) is 6.42 Å². The zero-order valence-electron chi connectivity index (χ0n) is 28.5. The Morgan fingerprint density at radius 1 is 0.674 bits per heavy atom. The summed E-state index contributed by atoms with van der Waals surface area (Å²) < 4.78 is 0. The van der Waals surface area contributed by atoms with Crippen LogP contribution in [0, 0.1) is 16.2 Å². The quantitative estimate of drug-likeness (QED) is 0.211. The van der Waals surface area contributed by atoms with Crippen LogP contribution in [-0.4, -0.2) is 33.6 Å². The molecule has 0 spiro atoms. The molecule has 1 fully saturated rings. The van der Waals surface area contributed by atoms with Gasteiger partial charge in [-0.3, -0.25) is 0 Å². The van der Waals surface area contributed by atoms with Crippen molar-refractivity contribution in [3.63, 3.8) is 0 Å². The lowest BCUT2D eigenvalue weighted by atomic mass is 9.66. The van der Waals surface area contributed by atoms with Gasteiger partial charge in [0.05, 0.1) is 18.3 Å². The molecule has 0 aromatic rings. The third kappa shape index (κ3) is 11.1. The van der Waals surface area contributed by atoms with Crippen molar-refractivity contribution in [3.05, 3.63) is 119 Å². The van der Waals surface area contributed by atoms with Gasteiger partial charge in [-0.1, -0.05) is 148 Å². The average molecular weight is 587 g/mol. The first-order chi connectivity index (χ1) is 20.0. The van der Waals surface area contributed by atoms with Gasteiger partial charge in [-0.05, 0) is 76.7 Å². The van der Waals surface area contributed by atoms with Gasteiger partial charge in [-0.2, -0.15) is 0 Å². The molecule has 0 aromatic heterocycles. The lowest BCUT2D eigenvalue weighted by molar-refractivity contribution is -0.000365. The predicted octanol–water partition coefficient (Wildman–Crippen LogP) is 9.60. The van der Waals surface area contributed by atoms with Gasteiger partial charge in [0.1, 0.15) is 0 Å². The van der Waals surface area contributed by atoms with Crippen molar-refractivity contribution in [2.75, 3.05) is 0 Å². The molecule has 0 aromatic carbocycles. The highest BCUT2D eigenvalue weighted by Gasteiger charge is 2.52. The van der Waals surface area contributed by atoms with Crippen LogP contribution in [0.25, 0.3) is 0 Å². The summed E-state index contributed by atoms with van der Waals surface area (Å²) in [7, 11) is 0. The number of aliphatic hydroxyl groups is 3. The normalized spacial score (nSPS) is 28.6. The van der Waals surface area contributed by atoms with Crippen molar-refractivity contribution in [1.82, 2.24) is 0 Å². The molecule has 2 aliphatic carbocycles. The smallest absolute Gasteiger partial charge is 0.0783 e. The molecule has 1 unspecified atom stereocenters. The van der Waals surface area contributed by atoms with Crippen molar-refractivity contribution in [2.45, 2.75) is 113 Å². The predicted molar refractivity (Wildman–Crippen MR) is 186 cm³/mol. The Balaban J connectivity index is 1.88. The van der Waals surface area contributed by atoms with Crippen LogP contribution in [0.15, 0.2) is 119 Å². The summed E-state index contributed by atoms with van der Waals surface area (Å²) in [5.41, 5.74) is 6.74. The van der Waals surface area contributed by atoms with Gasteiger partial charge in [0.25, 0.3) is 0 Å². The van der Waals surface area contributed by atoms with E-state index in [0.717, 1.165) is 30.4 Å². The molecule has 0 amide bonds. The van der Waals surface area contributed by atoms with E-state index < -0.39 is 6.10 Å². The van der Waals surface area contributed by atoms with Crippen molar-refractivity contribution in [2.24, 2.45) is 16.2 Å². The summed E-state index contributed by atoms with van der Waals surface area (Å²) in [5.74, 6) is 0. The van der Waals surface area contributed by atoms with E-state index in [1.54, 1.807) is 0 Å². The standard InChI is InChI=1S/C40H58O3/c1-29(17-13-19-31(3)21-23-36-33(5)25-34(41)26-38(36,6)7)15-11-12-16-30(2)18-14-20-32(4)22-24-37(43)40(10)28-35(42)27-39(40,8)9/h11-24,34-35,37,41-43H,25-28H2,1-10H3/b12-11+,17-13+,18-14+,23-21+,24-22+,29-15+,30-16+,31-19+,32-20+/t34-,35+,37?,40+/m1/s1. The molecule has 2 aliphatic rings. The maximum Gasteiger partial charge on any atom is 0.0783 e. The van der Waals surface area contributed by atoms with E-state index in [2.05, 4.69) is 117 Å². The molecular weight excluding hydrogens is 528 g/mol. The topological polar surface area (TPSA) is 60.7 Å². The molecule has 0 saturated heterocycles. The Morgan fingerprint density at radius 3 is 1.65 bits per heavy atom. The lowest BCUT2D eigenvalue weighted by Gasteiger charge is -2.40. The number of allylic oxidation sites excluding steroid dienone is 18. The largest absolute Gasteiger partial charge is 0.393 e. The van der Waals surface area contributed by atoms with E-state index in [4.69, 9.17) is 0 Å². The summed E-state index contributed by atoms with van der Waals surface area (Å²) >= 11 is 0. The average Bonchev–Trinajstić information content (AvgIpc) is 3.10. The Labute approximate surface area is 262 Å². The first kappa shape index (κ1) is 36.5. The van der Waals surface area contributed by atoms with Crippen LogP contribution in [0.1, 0.15) is 94.9 Å². The first-order valence-electron chi connectivity index (χ1n) is 15.8. The minimum Gasteiger partial charge on any atom is -0.393 e. The number of aliphatic hydroxyl groups excluding tert-OH is 3. The van der Waals surface area contributed by atoms with Gasteiger partial charge in [0, 0.05) is 5.41 Å². The van der Waals surface area contributed by atoms with Crippen molar-refractivity contribution >= 4 is 0 Å². The van der Waals surface area contributed by atoms with Crippen LogP contribution < -0.4 is 0 Å². The van der Waals surface area contributed by atoms with Crippen molar-refractivity contribution in [1.29, 1.82) is 0 Å². The fraction of sp³-hybridized carbons (Fsp3) is 0.500. The Bertz CT molecular complexity index is 1270. The fourth-order valence-corrected chi connectivity index (χ4v) is 6.37. The van der Waals surface area contributed by atoms with Crippen LogP contribution in [0.2, 0.25) is 0 Å². The maximum atomic E-state index is 10.9. The molecule has 3 nitrogen and oxygen atoms in total. The van der Waals surface area contributed by atoms with Crippen LogP contribution >= 0.6 is 0 Å². The van der Waals surface area contributed by atoms with Gasteiger partial charge >= 0.3 is 0 Å². The lowest BCUT2D eigenvalue weighted by Crippen LogP contribution is -2.39. The molecule has 43 heavy (non-hydrogen) atoms. The third-order valence-electron chi connectivity index (χ3n) is 9.40. The molecule has 3 N–H and O–H groups in total. The van der Waals surface area contributed by atoms with Gasteiger partial charge < -0.3 is 15.3 Å².